The zero-order valence-electron chi connectivity index (χ0n) is 18.5. The molecule has 1 aliphatic carbocycles. The Morgan fingerprint density at radius 1 is 1.09 bits per heavy atom. The van der Waals surface area contributed by atoms with Gasteiger partial charge in [0.25, 0.3) is 5.91 Å². The third kappa shape index (κ3) is 5.46. The highest BCUT2D eigenvalue weighted by Gasteiger charge is 2.43. The van der Waals surface area contributed by atoms with Crippen LogP contribution in [-0.2, 0) is 21.1 Å². The van der Waals surface area contributed by atoms with Crippen LogP contribution in [0, 0.1) is 11.8 Å². The summed E-state index contributed by atoms with van der Waals surface area (Å²) in [6, 6.07) is 16.1. The highest BCUT2D eigenvalue weighted by Crippen LogP contribution is 2.34. The van der Waals surface area contributed by atoms with Crippen LogP contribution in [0.4, 0.5) is 0 Å². The van der Waals surface area contributed by atoms with Crippen LogP contribution >= 0.6 is 0 Å². The summed E-state index contributed by atoms with van der Waals surface area (Å²) in [5.74, 6) is 0.102. The Hall–Kier alpha value is -2.48. The SMILES string of the molecule is C[C@@](CCc1ccc(-c2ccc(/C=C/C3CC(CO)C3)cc2)cc1)(C(=O)NO)S(C)(=O)=O. The maximum atomic E-state index is 12.1. The number of aryl methyl sites for hydroxylation is 1. The standard InChI is InChI=1S/C25H31NO5S/c1-25(24(28)26-29,32(2,30)31)14-13-19-7-11-23(12-8-19)22-9-5-18(6-10-22)3-4-20-15-21(16-20)17-27/h3-12,20-21,27,29H,13-17H2,1-2H3,(H,26,28)/b4-3+/t20?,21?,25-/m1/s1. The van der Waals surface area contributed by atoms with E-state index in [0.717, 1.165) is 41.4 Å². The Morgan fingerprint density at radius 2 is 1.66 bits per heavy atom. The minimum Gasteiger partial charge on any atom is -0.396 e. The van der Waals surface area contributed by atoms with E-state index >= 15 is 0 Å². The molecule has 0 unspecified atom stereocenters. The molecule has 0 saturated heterocycles. The fraction of sp³-hybridized carbons (Fsp3) is 0.400. The number of benzene rings is 2. The van der Waals surface area contributed by atoms with Crippen LogP contribution in [0.1, 0.15) is 37.3 Å². The van der Waals surface area contributed by atoms with Crippen molar-refractivity contribution in [2.24, 2.45) is 11.8 Å². The molecule has 1 aliphatic rings. The highest BCUT2D eigenvalue weighted by molar-refractivity contribution is 7.92. The van der Waals surface area contributed by atoms with Gasteiger partial charge in [-0.2, -0.15) is 0 Å². The first-order valence-corrected chi connectivity index (χ1v) is 12.7. The Morgan fingerprint density at radius 3 is 2.16 bits per heavy atom. The number of carbonyl (C=O) groups is 1. The summed E-state index contributed by atoms with van der Waals surface area (Å²) in [5.41, 5.74) is 5.66. The lowest BCUT2D eigenvalue weighted by atomic mass is 9.75. The molecule has 1 atom stereocenters. The molecule has 7 heteroatoms. The Kier molecular flexibility index (Phi) is 7.54. The van der Waals surface area contributed by atoms with Crippen molar-refractivity contribution in [1.82, 2.24) is 5.48 Å². The maximum Gasteiger partial charge on any atom is 0.264 e. The summed E-state index contributed by atoms with van der Waals surface area (Å²) in [6.07, 6.45) is 7.93. The zero-order chi connectivity index (χ0) is 23.4. The maximum absolute atomic E-state index is 12.1. The van der Waals surface area contributed by atoms with Gasteiger partial charge in [0.1, 0.15) is 4.75 Å². The van der Waals surface area contributed by atoms with Gasteiger partial charge in [-0.3, -0.25) is 10.0 Å². The molecule has 1 amide bonds. The van der Waals surface area contributed by atoms with Crippen LogP contribution in [0.25, 0.3) is 17.2 Å². The van der Waals surface area contributed by atoms with Crippen LogP contribution in [0.3, 0.4) is 0 Å². The van der Waals surface area contributed by atoms with Crippen LogP contribution in [-0.4, -0.2) is 42.2 Å². The van der Waals surface area contributed by atoms with Gasteiger partial charge >= 0.3 is 0 Å². The fourth-order valence-electron chi connectivity index (χ4n) is 3.96. The van der Waals surface area contributed by atoms with E-state index < -0.39 is 20.5 Å². The van der Waals surface area contributed by atoms with Gasteiger partial charge in [-0.15, -0.1) is 0 Å². The number of allylic oxidation sites excluding steroid dienone is 1. The number of carbonyl (C=O) groups excluding carboxylic acids is 1. The smallest absolute Gasteiger partial charge is 0.264 e. The minimum atomic E-state index is -3.70. The normalized spacial score (nSPS) is 20.5. The molecule has 2 aromatic rings. The number of amides is 1. The third-order valence-corrected chi connectivity index (χ3v) is 8.61. The summed E-state index contributed by atoms with van der Waals surface area (Å²) in [5, 5.41) is 18.0. The van der Waals surface area contributed by atoms with Crippen molar-refractivity contribution < 1.29 is 23.5 Å². The van der Waals surface area contributed by atoms with Gasteiger partial charge in [-0.1, -0.05) is 60.7 Å². The Labute approximate surface area is 189 Å². The Bertz CT molecular complexity index is 1050. The lowest BCUT2D eigenvalue weighted by Gasteiger charge is -2.31. The van der Waals surface area contributed by atoms with Crippen molar-refractivity contribution in [3.63, 3.8) is 0 Å². The largest absolute Gasteiger partial charge is 0.396 e. The molecule has 172 valence electrons. The molecule has 0 radical (unpaired) electrons. The van der Waals surface area contributed by atoms with Crippen LogP contribution in [0.5, 0.6) is 0 Å². The second kappa shape index (κ2) is 9.98. The lowest BCUT2D eigenvalue weighted by Crippen LogP contribution is -2.49. The predicted molar refractivity (Wildman–Crippen MR) is 126 cm³/mol. The van der Waals surface area contributed by atoms with Crippen molar-refractivity contribution in [2.45, 2.75) is 37.4 Å². The van der Waals surface area contributed by atoms with Gasteiger partial charge in [0.2, 0.25) is 0 Å². The van der Waals surface area contributed by atoms with E-state index in [-0.39, 0.29) is 13.0 Å². The van der Waals surface area contributed by atoms with E-state index in [9.17, 15) is 13.2 Å². The third-order valence-electron chi connectivity index (χ3n) is 6.58. The molecule has 0 aliphatic heterocycles. The highest BCUT2D eigenvalue weighted by atomic mass is 32.2. The minimum absolute atomic E-state index is 0.0681. The molecule has 0 bridgehead atoms. The van der Waals surface area contributed by atoms with E-state index in [2.05, 4.69) is 36.4 Å². The van der Waals surface area contributed by atoms with Gasteiger partial charge in [0.15, 0.2) is 9.84 Å². The summed E-state index contributed by atoms with van der Waals surface area (Å²) in [7, 11) is -3.70. The van der Waals surface area contributed by atoms with Crippen LogP contribution in [0.15, 0.2) is 54.6 Å². The molecule has 0 spiro atoms. The van der Waals surface area contributed by atoms with Gasteiger partial charge in [0.05, 0.1) is 0 Å². The fourth-order valence-corrected chi connectivity index (χ4v) is 4.81. The molecule has 1 saturated carbocycles. The number of aliphatic hydroxyl groups excluding tert-OH is 1. The second-order valence-electron chi connectivity index (χ2n) is 8.90. The van der Waals surface area contributed by atoms with Crippen molar-refractivity contribution in [2.75, 3.05) is 12.9 Å². The quantitative estimate of drug-likeness (QED) is 0.394. The molecule has 1 fully saturated rings. The average Bonchev–Trinajstić information content (AvgIpc) is 2.76. The number of hydrogen-bond donors (Lipinski definition) is 3. The summed E-state index contributed by atoms with van der Waals surface area (Å²) in [4.78, 5) is 11.9. The first-order valence-electron chi connectivity index (χ1n) is 10.8. The van der Waals surface area contributed by atoms with Crippen molar-refractivity contribution >= 4 is 21.8 Å². The molecular formula is C25H31NO5S. The molecule has 0 heterocycles. The molecule has 6 nitrogen and oxygen atoms in total. The van der Waals surface area contributed by atoms with Crippen molar-refractivity contribution in [3.05, 3.63) is 65.7 Å². The van der Waals surface area contributed by atoms with E-state index in [4.69, 9.17) is 10.3 Å². The van der Waals surface area contributed by atoms with Gasteiger partial charge in [-0.25, -0.2) is 13.9 Å². The zero-order valence-corrected chi connectivity index (χ0v) is 19.3. The average molecular weight is 458 g/mol. The second-order valence-corrected chi connectivity index (χ2v) is 11.3. The molecule has 0 aromatic heterocycles. The van der Waals surface area contributed by atoms with Crippen LogP contribution < -0.4 is 5.48 Å². The molecule has 3 rings (SSSR count). The number of hydrogen-bond acceptors (Lipinski definition) is 5. The molecular weight excluding hydrogens is 426 g/mol. The number of sulfone groups is 1. The van der Waals surface area contributed by atoms with E-state index in [1.54, 1.807) is 0 Å². The van der Waals surface area contributed by atoms with E-state index in [0.29, 0.717) is 18.3 Å². The topological polar surface area (TPSA) is 104 Å². The number of hydroxylamine groups is 1. The van der Waals surface area contributed by atoms with Gasteiger partial charge < -0.3 is 5.11 Å². The molecule has 2 aromatic carbocycles. The van der Waals surface area contributed by atoms with E-state index in [1.165, 1.54) is 12.4 Å². The molecule has 3 N–H and O–H groups in total. The first-order chi connectivity index (χ1) is 15.2. The molecule has 32 heavy (non-hydrogen) atoms. The Balaban J connectivity index is 1.61. The summed E-state index contributed by atoms with van der Waals surface area (Å²) in [6.45, 7) is 1.61. The van der Waals surface area contributed by atoms with Crippen LogP contribution in [0.2, 0.25) is 0 Å². The summed E-state index contributed by atoms with van der Waals surface area (Å²) < 4.78 is 22.5. The predicted octanol–water partition coefficient (Wildman–Crippen LogP) is 3.63. The van der Waals surface area contributed by atoms with Gasteiger partial charge in [-0.05, 0) is 66.7 Å². The lowest BCUT2D eigenvalue weighted by molar-refractivity contribution is -0.131. The van der Waals surface area contributed by atoms with Crippen molar-refractivity contribution in [1.29, 1.82) is 0 Å². The van der Waals surface area contributed by atoms with Crippen molar-refractivity contribution in [3.8, 4) is 11.1 Å². The number of nitrogens with one attached hydrogen (secondary N) is 1. The number of rotatable bonds is 9. The van der Waals surface area contributed by atoms with Gasteiger partial charge in [0, 0.05) is 12.9 Å². The van der Waals surface area contributed by atoms with E-state index in [1.807, 2.05) is 24.3 Å². The monoisotopic (exact) mass is 457 g/mol. The number of aliphatic hydroxyl groups is 1. The summed E-state index contributed by atoms with van der Waals surface area (Å²) >= 11 is 0. The first kappa shape index (κ1) is 24.2.